The van der Waals surface area contributed by atoms with Crippen LogP contribution in [0.2, 0.25) is 0 Å². The highest BCUT2D eigenvalue weighted by atomic mass is 32.2. The number of allylic oxidation sites excluding steroid dienone is 1. The van der Waals surface area contributed by atoms with Crippen molar-refractivity contribution in [2.75, 3.05) is 18.0 Å². The Morgan fingerprint density at radius 1 is 1.03 bits per heavy atom. The third-order valence-electron chi connectivity index (χ3n) is 5.43. The molecule has 36 heavy (non-hydrogen) atoms. The van der Waals surface area contributed by atoms with Gasteiger partial charge in [0, 0.05) is 11.4 Å². The highest BCUT2D eigenvalue weighted by molar-refractivity contribution is 8.30. The number of hydrogen-bond acceptors (Lipinski definition) is 9. The first-order chi connectivity index (χ1) is 17.1. The summed E-state index contributed by atoms with van der Waals surface area (Å²) in [6.45, 7) is 3.61. The van der Waals surface area contributed by atoms with Crippen LogP contribution in [0.1, 0.15) is 19.4 Å². The second-order valence-electron chi connectivity index (χ2n) is 7.71. The van der Waals surface area contributed by atoms with Crippen molar-refractivity contribution in [2.24, 2.45) is 0 Å². The Bertz CT molecular complexity index is 1510. The molecule has 4 rings (SSSR count). The predicted octanol–water partition coefficient (Wildman–Crippen LogP) is 1.86. The van der Waals surface area contributed by atoms with Crippen molar-refractivity contribution in [3.8, 4) is 0 Å². The number of hydrogen-bond donors (Lipinski definition) is 2. The number of carbonyl (C=O) groups is 3. The Morgan fingerprint density at radius 3 is 2.39 bits per heavy atom. The summed E-state index contributed by atoms with van der Waals surface area (Å²) in [6, 6.07) is 6.33. The fourth-order valence-electron chi connectivity index (χ4n) is 3.74. The maximum atomic E-state index is 13.1. The van der Waals surface area contributed by atoms with Gasteiger partial charge in [0.15, 0.2) is 0 Å². The molecule has 9 nitrogen and oxygen atoms in total. The highest BCUT2D eigenvalue weighted by Gasteiger charge is 2.35. The summed E-state index contributed by atoms with van der Waals surface area (Å²) in [5.74, 6) is -3.14. The van der Waals surface area contributed by atoms with E-state index in [4.69, 9.17) is 17.3 Å². The molecule has 0 aliphatic carbocycles. The fourth-order valence-corrected chi connectivity index (χ4v) is 7.31. The zero-order chi connectivity index (χ0) is 26.1. The first-order valence-corrected chi connectivity index (χ1v) is 13.7. The summed E-state index contributed by atoms with van der Waals surface area (Å²) in [4.78, 5) is 52.8. The molecule has 1 aromatic carbocycles. The number of carboxylic acids is 2. The molecule has 2 aliphatic heterocycles. The van der Waals surface area contributed by atoms with Gasteiger partial charge in [0.1, 0.15) is 27.0 Å². The van der Waals surface area contributed by atoms with Crippen molar-refractivity contribution in [2.45, 2.75) is 31.7 Å². The van der Waals surface area contributed by atoms with Crippen molar-refractivity contribution in [1.82, 2.24) is 9.47 Å². The quantitative estimate of drug-likeness (QED) is 0.483. The molecule has 0 spiro atoms. The Hall–Kier alpha value is -2.87. The number of carboxylic acid groups (broad SMARTS) is 2. The van der Waals surface area contributed by atoms with Crippen molar-refractivity contribution < 1.29 is 24.6 Å². The predicted molar refractivity (Wildman–Crippen MR) is 146 cm³/mol. The van der Waals surface area contributed by atoms with Crippen LogP contribution in [0.3, 0.4) is 0 Å². The minimum Gasteiger partial charge on any atom is -0.480 e. The molecule has 0 atom stereocenters. The molecule has 0 bridgehead atoms. The topological polar surface area (TPSA) is 120 Å². The number of fused-ring (bicyclic) bond motifs is 1. The molecule has 0 unspecified atom stereocenters. The summed E-state index contributed by atoms with van der Waals surface area (Å²) in [5, 5.41) is 19.4. The van der Waals surface area contributed by atoms with E-state index >= 15 is 0 Å². The minimum absolute atomic E-state index is 0.0397. The lowest BCUT2D eigenvalue weighted by Crippen LogP contribution is -2.36. The molecule has 2 N–H and O–H groups in total. The Labute approximate surface area is 223 Å². The molecule has 13 heteroatoms. The number of nitrogens with zero attached hydrogens (tertiary/aromatic N) is 3. The number of amides is 1. The van der Waals surface area contributed by atoms with E-state index in [0.717, 1.165) is 61.1 Å². The SMILES string of the molecule is CCc1ccc2c(c1)N(CC)/C(=C/C=c1/s/c(=C3\SC(=S)N(CC(=O)O)C3=O)n(CC(=O)O)c1=O)S2. The number of aromatic nitrogens is 1. The Kier molecular flexibility index (Phi) is 7.73. The van der Waals surface area contributed by atoms with Crippen LogP contribution in [0.4, 0.5) is 5.69 Å². The van der Waals surface area contributed by atoms with Gasteiger partial charge in [0.05, 0.1) is 15.2 Å². The lowest BCUT2D eigenvalue weighted by Gasteiger charge is -2.18. The van der Waals surface area contributed by atoms with Crippen molar-refractivity contribution in [3.63, 3.8) is 0 Å². The molecule has 188 valence electrons. The zero-order valence-electron chi connectivity index (χ0n) is 19.2. The Morgan fingerprint density at radius 2 is 1.75 bits per heavy atom. The number of thioether (sulfide) groups is 2. The molecule has 1 amide bonds. The second kappa shape index (κ2) is 10.6. The van der Waals surface area contributed by atoms with Gasteiger partial charge in [-0.2, -0.15) is 0 Å². The van der Waals surface area contributed by atoms with Gasteiger partial charge >= 0.3 is 11.9 Å². The number of anilines is 1. The molecule has 0 radical (unpaired) electrons. The number of thiazole rings is 1. The monoisotopic (exact) mass is 563 g/mol. The largest absolute Gasteiger partial charge is 0.480 e. The van der Waals surface area contributed by atoms with Crippen molar-refractivity contribution in [3.05, 3.63) is 54.4 Å². The third kappa shape index (κ3) is 5.01. The van der Waals surface area contributed by atoms with Crippen LogP contribution in [-0.2, 0) is 27.3 Å². The lowest BCUT2D eigenvalue weighted by molar-refractivity contribution is -0.140. The summed E-state index contributed by atoms with van der Waals surface area (Å²) in [5.41, 5.74) is 1.78. The maximum Gasteiger partial charge on any atom is 0.323 e. The summed E-state index contributed by atoms with van der Waals surface area (Å²) < 4.78 is 1.45. The fraction of sp³-hybridized carbons (Fsp3) is 0.261. The number of carbonyl (C=O) groups excluding carboxylic acids is 1. The Balaban J connectivity index is 1.81. The van der Waals surface area contributed by atoms with Gasteiger partial charge < -0.3 is 15.1 Å². The van der Waals surface area contributed by atoms with E-state index in [-0.39, 0.29) is 18.4 Å². The molecular weight excluding hydrogens is 543 g/mol. The lowest BCUT2D eigenvalue weighted by atomic mass is 10.1. The average Bonchev–Trinajstić information content (AvgIpc) is 3.43. The van der Waals surface area contributed by atoms with Gasteiger partial charge in [0.2, 0.25) is 0 Å². The number of aliphatic carboxylic acids is 2. The van der Waals surface area contributed by atoms with Gasteiger partial charge in [-0.25, -0.2) is 0 Å². The van der Waals surface area contributed by atoms with Crippen LogP contribution in [0.25, 0.3) is 11.0 Å². The van der Waals surface area contributed by atoms with Crippen LogP contribution in [0.15, 0.2) is 39.0 Å². The van der Waals surface area contributed by atoms with Crippen molar-refractivity contribution in [1.29, 1.82) is 0 Å². The molecule has 0 saturated carbocycles. The summed E-state index contributed by atoms with van der Waals surface area (Å²) in [6.07, 6.45) is 4.37. The first-order valence-electron chi connectivity index (χ1n) is 10.9. The first kappa shape index (κ1) is 26.2. The molecule has 3 heterocycles. The number of aryl methyl sites for hydroxylation is 1. The molecule has 1 aromatic heterocycles. The van der Waals surface area contributed by atoms with E-state index < -0.39 is 36.5 Å². The number of benzene rings is 1. The van der Waals surface area contributed by atoms with Crippen LogP contribution < -0.4 is 19.7 Å². The molecule has 2 aliphatic rings. The molecule has 2 aromatic rings. The molecule has 1 saturated heterocycles. The van der Waals surface area contributed by atoms with E-state index in [1.807, 2.05) is 13.0 Å². The van der Waals surface area contributed by atoms with Gasteiger partial charge in [-0.15, -0.1) is 11.3 Å². The summed E-state index contributed by atoms with van der Waals surface area (Å²) in [7, 11) is 0. The normalized spacial score (nSPS) is 18.5. The van der Waals surface area contributed by atoms with Crippen LogP contribution in [-0.4, -0.2) is 54.9 Å². The molecule has 1 fully saturated rings. The number of thiocarbonyl (C=S) groups is 1. The van der Waals surface area contributed by atoms with E-state index in [1.54, 1.807) is 17.8 Å². The van der Waals surface area contributed by atoms with Gasteiger partial charge in [-0.05, 0) is 43.2 Å². The van der Waals surface area contributed by atoms with E-state index in [2.05, 4.69) is 30.0 Å². The van der Waals surface area contributed by atoms with Gasteiger partial charge in [-0.3, -0.25) is 28.6 Å². The van der Waals surface area contributed by atoms with Gasteiger partial charge in [0.25, 0.3) is 11.5 Å². The number of rotatable bonds is 7. The van der Waals surface area contributed by atoms with Crippen LogP contribution >= 0.6 is 47.1 Å². The molecular formula is C23H21N3O6S4. The standard InChI is InChI=1S/C23H21N3O6S4/c1-3-12-5-6-14-13(9-12)24(4-2)16(34-14)8-7-15-20(31)25(10-17(27)28)22(35-15)19-21(32)26(11-18(29)30)23(33)36-19/h5-9H,3-4,10-11H2,1-2H3,(H,27,28)(H,29,30)/b15-7+,16-8-,22-19-. The maximum absolute atomic E-state index is 13.1. The third-order valence-corrected chi connectivity index (χ3v) is 9.28. The summed E-state index contributed by atoms with van der Waals surface area (Å²) >= 11 is 8.57. The van der Waals surface area contributed by atoms with Crippen LogP contribution in [0, 0.1) is 0 Å². The van der Waals surface area contributed by atoms with Gasteiger partial charge in [-0.1, -0.05) is 48.7 Å². The zero-order valence-corrected chi connectivity index (χ0v) is 22.5. The smallest absolute Gasteiger partial charge is 0.323 e. The minimum atomic E-state index is -1.24. The van der Waals surface area contributed by atoms with E-state index in [9.17, 15) is 24.3 Å². The van der Waals surface area contributed by atoms with E-state index in [0.29, 0.717) is 0 Å². The highest BCUT2D eigenvalue weighted by Crippen LogP contribution is 2.46. The average molecular weight is 564 g/mol. The van der Waals surface area contributed by atoms with E-state index in [1.165, 1.54) is 5.56 Å². The second-order valence-corrected chi connectivity index (χ2v) is 11.4. The van der Waals surface area contributed by atoms with Crippen LogP contribution in [0.5, 0.6) is 0 Å². The van der Waals surface area contributed by atoms with Crippen molar-refractivity contribution >= 4 is 85.9 Å².